The summed E-state index contributed by atoms with van der Waals surface area (Å²) >= 11 is 1.19. The number of nitrogens with two attached hydrogens (primary N) is 1. The summed E-state index contributed by atoms with van der Waals surface area (Å²) in [5.74, 6) is -0.0328. The van der Waals surface area contributed by atoms with Crippen molar-refractivity contribution >= 4 is 34.4 Å². The number of likely N-dealkylation sites (N-methyl/N-ethyl adjacent to an activating group) is 1. The number of amides is 1. The van der Waals surface area contributed by atoms with Crippen molar-refractivity contribution in [3.8, 4) is 0 Å². The molecule has 0 saturated carbocycles. The number of rotatable bonds is 4. The molecule has 2 heterocycles. The fourth-order valence-electron chi connectivity index (χ4n) is 2.01. The van der Waals surface area contributed by atoms with E-state index in [1.807, 2.05) is 18.2 Å². The zero-order valence-corrected chi connectivity index (χ0v) is 12.2. The van der Waals surface area contributed by atoms with Crippen LogP contribution in [0.1, 0.15) is 5.56 Å². The first-order valence-corrected chi connectivity index (χ1v) is 7.08. The smallest absolute Gasteiger partial charge is 0.244 e. The van der Waals surface area contributed by atoms with Gasteiger partial charge in [-0.25, -0.2) is 0 Å². The second-order valence-corrected chi connectivity index (χ2v) is 5.34. The molecule has 3 aromatic rings. The molecular formula is C13H14N6OS. The van der Waals surface area contributed by atoms with E-state index < -0.39 is 0 Å². The molecule has 0 bridgehead atoms. The summed E-state index contributed by atoms with van der Waals surface area (Å²) in [5, 5.41) is 4.01. The lowest BCUT2D eigenvalue weighted by Gasteiger charge is -2.17. The zero-order chi connectivity index (χ0) is 14.8. The number of carbonyl (C=O) groups is 1. The van der Waals surface area contributed by atoms with E-state index in [9.17, 15) is 4.79 Å². The van der Waals surface area contributed by atoms with E-state index in [0.717, 1.165) is 16.6 Å². The molecule has 2 N–H and O–H groups in total. The highest BCUT2D eigenvalue weighted by Gasteiger charge is 2.11. The van der Waals surface area contributed by atoms with Gasteiger partial charge in [-0.2, -0.15) is 13.8 Å². The normalized spacial score (nSPS) is 10.9. The first kappa shape index (κ1) is 13.5. The van der Waals surface area contributed by atoms with Crippen molar-refractivity contribution in [2.45, 2.75) is 13.1 Å². The molecule has 0 fully saturated rings. The molecular weight excluding hydrogens is 288 g/mol. The van der Waals surface area contributed by atoms with Gasteiger partial charge in [0, 0.05) is 19.8 Å². The molecule has 0 aliphatic rings. The SMILES string of the molecule is CN(Cc1ccc2nsnc2c1)C(=O)Cn1cc(N)cn1. The Hall–Kier alpha value is -2.48. The van der Waals surface area contributed by atoms with E-state index in [2.05, 4.69) is 13.8 Å². The van der Waals surface area contributed by atoms with Crippen LogP contribution in [-0.4, -0.2) is 36.4 Å². The Bertz CT molecular complexity index is 780. The van der Waals surface area contributed by atoms with Gasteiger partial charge in [0.1, 0.15) is 17.6 Å². The first-order valence-electron chi connectivity index (χ1n) is 6.35. The number of carbonyl (C=O) groups excluding carboxylic acids is 1. The number of nitrogen functional groups attached to an aromatic ring is 1. The molecule has 0 radical (unpaired) electrons. The number of aromatic nitrogens is 4. The van der Waals surface area contributed by atoms with Crippen molar-refractivity contribution in [1.29, 1.82) is 0 Å². The fraction of sp³-hybridized carbons (Fsp3) is 0.231. The van der Waals surface area contributed by atoms with Crippen molar-refractivity contribution in [3.63, 3.8) is 0 Å². The number of hydrogen-bond acceptors (Lipinski definition) is 6. The number of nitrogens with zero attached hydrogens (tertiary/aromatic N) is 5. The third kappa shape index (κ3) is 3.00. The third-order valence-electron chi connectivity index (χ3n) is 3.11. The summed E-state index contributed by atoms with van der Waals surface area (Å²) in [7, 11) is 1.76. The molecule has 8 heteroatoms. The largest absolute Gasteiger partial charge is 0.396 e. The Morgan fingerprint density at radius 3 is 2.95 bits per heavy atom. The van der Waals surface area contributed by atoms with Crippen LogP contribution in [0.5, 0.6) is 0 Å². The van der Waals surface area contributed by atoms with Crippen LogP contribution in [-0.2, 0) is 17.9 Å². The van der Waals surface area contributed by atoms with E-state index >= 15 is 0 Å². The van der Waals surface area contributed by atoms with Crippen LogP contribution in [0.25, 0.3) is 11.0 Å². The van der Waals surface area contributed by atoms with E-state index in [-0.39, 0.29) is 12.5 Å². The minimum absolute atomic E-state index is 0.0328. The average Bonchev–Trinajstić information content (AvgIpc) is 3.07. The summed E-state index contributed by atoms with van der Waals surface area (Å²) < 4.78 is 9.89. The maximum absolute atomic E-state index is 12.1. The molecule has 1 aromatic carbocycles. The monoisotopic (exact) mass is 302 g/mol. The van der Waals surface area contributed by atoms with Crippen molar-refractivity contribution in [3.05, 3.63) is 36.2 Å². The lowest BCUT2D eigenvalue weighted by molar-refractivity contribution is -0.131. The average molecular weight is 302 g/mol. The van der Waals surface area contributed by atoms with Gasteiger partial charge in [0.25, 0.3) is 0 Å². The van der Waals surface area contributed by atoms with Crippen LogP contribution in [0.2, 0.25) is 0 Å². The molecule has 1 amide bonds. The Labute approximate surface area is 125 Å². The molecule has 0 aliphatic heterocycles. The molecule has 2 aromatic heterocycles. The Morgan fingerprint density at radius 2 is 2.19 bits per heavy atom. The Morgan fingerprint density at radius 1 is 1.38 bits per heavy atom. The highest BCUT2D eigenvalue weighted by atomic mass is 32.1. The minimum Gasteiger partial charge on any atom is -0.396 e. The second kappa shape index (κ2) is 5.49. The van der Waals surface area contributed by atoms with Crippen LogP contribution in [0.15, 0.2) is 30.6 Å². The van der Waals surface area contributed by atoms with Crippen LogP contribution in [0.3, 0.4) is 0 Å². The van der Waals surface area contributed by atoms with Crippen LogP contribution in [0.4, 0.5) is 5.69 Å². The zero-order valence-electron chi connectivity index (χ0n) is 11.4. The molecule has 108 valence electrons. The van der Waals surface area contributed by atoms with Gasteiger partial charge in [0.2, 0.25) is 5.91 Å². The topological polar surface area (TPSA) is 89.9 Å². The molecule has 0 spiro atoms. The number of fused-ring (bicyclic) bond motifs is 1. The second-order valence-electron chi connectivity index (χ2n) is 4.81. The lowest BCUT2D eigenvalue weighted by atomic mass is 10.2. The van der Waals surface area contributed by atoms with E-state index in [1.54, 1.807) is 18.1 Å². The highest BCUT2D eigenvalue weighted by Crippen LogP contribution is 2.14. The molecule has 0 aliphatic carbocycles. The number of anilines is 1. The van der Waals surface area contributed by atoms with Crippen LogP contribution < -0.4 is 5.73 Å². The molecule has 3 rings (SSSR count). The summed E-state index contributed by atoms with van der Waals surface area (Å²) in [5.41, 5.74) is 8.88. The summed E-state index contributed by atoms with van der Waals surface area (Å²) in [6.07, 6.45) is 3.16. The molecule has 7 nitrogen and oxygen atoms in total. The maximum atomic E-state index is 12.1. The van der Waals surface area contributed by atoms with Gasteiger partial charge < -0.3 is 10.6 Å². The minimum atomic E-state index is -0.0328. The molecule has 21 heavy (non-hydrogen) atoms. The molecule has 0 unspecified atom stereocenters. The van der Waals surface area contributed by atoms with Crippen molar-refractivity contribution in [2.24, 2.45) is 0 Å². The summed E-state index contributed by atoms with van der Waals surface area (Å²) in [6.45, 7) is 0.692. The number of hydrogen-bond donors (Lipinski definition) is 1. The predicted octanol–water partition coefficient (Wildman–Crippen LogP) is 1.13. The van der Waals surface area contributed by atoms with Gasteiger partial charge in [-0.05, 0) is 17.7 Å². The third-order valence-corrected chi connectivity index (χ3v) is 3.67. The van der Waals surface area contributed by atoms with Crippen LogP contribution >= 0.6 is 11.7 Å². The highest BCUT2D eigenvalue weighted by molar-refractivity contribution is 7.00. The van der Waals surface area contributed by atoms with Crippen molar-refractivity contribution < 1.29 is 4.79 Å². The first-order chi connectivity index (χ1) is 10.1. The standard InChI is InChI=1S/C13H14N6OS/c1-18(13(20)8-19-7-10(14)5-15-19)6-9-2-3-11-12(4-9)17-21-16-11/h2-5,7H,6,8,14H2,1H3. The van der Waals surface area contributed by atoms with Gasteiger partial charge in [-0.3, -0.25) is 9.48 Å². The fourth-order valence-corrected chi connectivity index (χ4v) is 2.53. The van der Waals surface area contributed by atoms with Gasteiger partial charge >= 0.3 is 0 Å². The van der Waals surface area contributed by atoms with Crippen molar-refractivity contribution in [1.82, 2.24) is 23.4 Å². The van der Waals surface area contributed by atoms with Crippen LogP contribution in [0, 0.1) is 0 Å². The van der Waals surface area contributed by atoms with E-state index in [1.165, 1.54) is 22.6 Å². The van der Waals surface area contributed by atoms with Gasteiger partial charge in [0.05, 0.1) is 23.6 Å². The Kier molecular flexibility index (Phi) is 3.53. The molecule has 0 saturated heterocycles. The van der Waals surface area contributed by atoms with Gasteiger partial charge in [-0.1, -0.05) is 6.07 Å². The Balaban J connectivity index is 1.67. The van der Waals surface area contributed by atoms with E-state index in [0.29, 0.717) is 12.2 Å². The predicted molar refractivity (Wildman–Crippen MR) is 80.5 cm³/mol. The van der Waals surface area contributed by atoms with Gasteiger partial charge in [-0.15, -0.1) is 0 Å². The summed E-state index contributed by atoms with van der Waals surface area (Å²) in [6, 6.07) is 5.83. The van der Waals surface area contributed by atoms with E-state index in [4.69, 9.17) is 5.73 Å². The molecule has 0 atom stereocenters. The lowest BCUT2D eigenvalue weighted by Crippen LogP contribution is -2.29. The van der Waals surface area contributed by atoms with Gasteiger partial charge in [0.15, 0.2) is 0 Å². The van der Waals surface area contributed by atoms with Crippen molar-refractivity contribution in [2.75, 3.05) is 12.8 Å². The summed E-state index contributed by atoms with van der Waals surface area (Å²) in [4.78, 5) is 13.8. The maximum Gasteiger partial charge on any atom is 0.244 e. The number of benzene rings is 1. The quantitative estimate of drug-likeness (QED) is 0.780.